The van der Waals surface area contributed by atoms with Crippen LogP contribution in [0.5, 0.6) is 0 Å². The fourth-order valence-electron chi connectivity index (χ4n) is 2.15. The number of nitrogens with one attached hydrogen (secondary N) is 1. The van der Waals surface area contributed by atoms with E-state index in [1.807, 2.05) is 20.8 Å². The Morgan fingerprint density at radius 2 is 1.84 bits per heavy atom. The average Bonchev–Trinajstić information content (AvgIpc) is 2.80. The molecule has 0 aromatic carbocycles. The molecule has 2 rings (SSSR count). The minimum absolute atomic E-state index is 0.00465. The van der Waals surface area contributed by atoms with Crippen molar-refractivity contribution in [3.05, 3.63) is 12.4 Å². The van der Waals surface area contributed by atoms with Crippen LogP contribution in [0.25, 0.3) is 0 Å². The SMILES string of the molecule is CC(C)(C)CC(=O)Nc1cnc(N2CCCC2)nc1. The average molecular weight is 262 g/mol. The van der Waals surface area contributed by atoms with Gasteiger partial charge >= 0.3 is 0 Å². The number of carbonyl (C=O) groups excluding carboxylic acids is 1. The molecule has 0 radical (unpaired) electrons. The van der Waals surface area contributed by atoms with E-state index in [1.165, 1.54) is 12.8 Å². The van der Waals surface area contributed by atoms with Crippen molar-refractivity contribution in [2.75, 3.05) is 23.3 Å². The second-order valence-electron chi connectivity index (χ2n) is 6.25. The van der Waals surface area contributed by atoms with E-state index in [0.717, 1.165) is 19.0 Å². The van der Waals surface area contributed by atoms with Gasteiger partial charge in [0.1, 0.15) is 0 Å². The molecule has 2 heterocycles. The van der Waals surface area contributed by atoms with Gasteiger partial charge in [-0.2, -0.15) is 0 Å². The molecular formula is C14H22N4O. The van der Waals surface area contributed by atoms with Gasteiger partial charge in [-0.3, -0.25) is 4.79 Å². The zero-order valence-corrected chi connectivity index (χ0v) is 11.9. The van der Waals surface area contributed by atoms with Gasteiger partial charge in [-0.05, 0) is 18.3 Å². The van der Waals surface area contributed by atoms with E-state index in [2.05, 4.69) is 20.2 Å². The van der Waals surface area contributed by atoms with Crippen LogP contribution in [0.3, 0.4) is 0 Å². The second kappa shape index (κ2) is 5.55. The number of amides is 1. The first-order valence-corrected chi connectivity index (χ1v) is 6.81. The van der Waals surface area contributed by atoms with Crippen LogP contribution in [0.4, 0.5) is 11.6 Å². The summed E-state index contributed by atoms with van der Waals surface area (Å²) in [7, 11) is 0. The third kappa shape index (κ3) is 4.19. The number of hydrogen-bond donors (Lipinski definition) is 1. The highest BCUT2D eigenvalue weighted by Gasteiger charge is 2.17. The molecule has 1 amide bonds. The Morgan fingerprint density at radius 3 is 2.37 bits per heavy atom. The Hall–Kier alpha value is -1.65. The summed E-state index contributed by atoms with van der Waals surface area (Å²) in [5.74, 6) is 0.761. The molecule has 1 aromatic heterocycles. The summed E-state index contributed by atoms with van der Waals surface area (Å²) in [5, 5.41) is 2.83. The van der Waals surface area contributed by atoms with Crippen LogP contribution in [-0.4, -0.2) is 29.0 Å². The van der Waals surface area contributed by atoms with Crippen molar-refractivity contribution in [1.82, 2.24) is 9.97 Å². The number of hydrogen-bond acceptors (Lipinski definition) is 4. The van der Waals surface area contributed by atoms with Gasteiger partial charge in [0.05, 0.1) is 18.1 Å². The summed E-state index contributed by atoms with van der Waals surface area (Å²) < 4.78 is 0. The molecule has 1 N–H and O–H groups in total. The Kier molecular flexibility index (Phi) is 4.02. The van der Waals surface area contributed by atoms with E-state index < -0.39 is 0 Å². The van der Waals surface area contributed by atoms with Gasteiger partial charge in [-0.1, -0.05) is 20.8 Å². The molecule has 104 valence electrons. The van der Waals surface area contributed by atoms with Gasteiger partial charge in [0.15, 0.2) is 0 Å². The molecule has 0 unspecified atom stereocenters. The van der Waals surface area contributed by atoms with E-state index in [4.69, 9.17) is 0 Å². The minimum atomic E-state index is -0.0135. The van der Waals surface area contributed by atoms with Gasteiger partial charge in [0.25, 0.3) is 0 Å². The van der Waals surface area contributed by atoms with Crippen LogP contribution in [0, 0.1) is 5.41 Å². The van der Waals surface area contributed by atoms with Crippen LogP contribution in [-0.2, 0) is 4.79 Å². The van der Waals surface area contributed by atoms with Gasteiger partial charge in [0.2, 0.25) is 11.9 Å². The van der Waals surface area contributed by atoms with Crippen molar-refractivity contribution in [1.29, 1.82) is 0 Å². The van der Waals surface area contributed by atoms with Crippen LogP contribution in [0.2, 0.25) is 0 Å². The normalized spacial score (nSPS) is 15.6. The molecule has 5 heteroatoms. The van der Waals surface area contributed by atoms with Gasteiger partial charge in [-0.25, -0.2) is 9.97 Å². The fraction of sp³-hybridized carbons (Fsp3) is 0.643. The molecule has 0 atom stereocenters. The van der Waals surface area contributed by atoms with Crippen LogP contribution in [0.15, 0.2) is 12.4 Å². The summed E-state index contributed by atoms with van der Waals surface area (Å²) in [6, 6.07) is 0. The van der Waals surface area contributed by atoms with Crippen molar-refractivity contribution in [2.24, 2.45) is 5.41 Å². The molecule has 1 fully saturated rings. The molecule has 1 aliphatic rings. The molecule has 5 nitrogen and oxygen atoms in total. The molecule has 0 bridgehead atoms. The van der Waals surface area contributed by atoms with Crippen LogP contribution < -0.4 is 10.2 Å². The summed E-state index contributed by atoms with van der Waals surface area (Å²) in [5.41, 5.74) is 0.651. The summed E-state index contributed by atoms with van der Waals surface area (Å²) in [6.07, 6.45) is 6.25. The van der Waals surface area contributed by atoms with Crippen molar-refractivity contribution in [2.45, 2.75) is 40.0 Å². The number of nitrogens with zero attached hydrogens (tertiary/aromatic N) is 3. The van der Waals surface area contributed by atoms with Gasteiger partial charge in [-0.15, -0.1) is 0 Å². The molecule has 0 spiro atoms. The third-order valence-electron chi connectivity index (χ3n) is 3.00. The number of carbonyl (C=O) groups is 1. The quantitative estimate of drug-likeness (QED) is 0.909. The highest BCUT2D eigenvalue weighted by molar-refractivity contribution is 5.90. The van der Waals surface area contributed by atoms with Crippen LogP contribution >= 0.6 is 0 Å². The van der Waals surface area contributed by atoms with E-state index in [0.29, 0.717) is 12.1 Å². The monoisotopic (exact) mass is 262 g/mol. The van der Waals surface area contributed by atoms with Gasteiger partial charge in [0, 0.05) is 19.5 Å². The Bertz CT molecular complexity index is 430. The molecule has 1 saturated heterocycles. The fourth-order valence-corrected chi connectivity index (χ4v) is 2.15. The van der Waals surface area contributed by atoms with E-state index in [-0.39, 0.29) is 11.3 Å². The molecule has 0 aliphatic carbocycles. The lowest BCUT2D eigenvalue weighted by molar-refractivity contribution is -0.117. The predicted molar refractivity (Wildman–Crippen MR) is 76.2 cm³/mol. The minimum Gasteiger partial charge on any atom is -0.341 e. The maximum atomic E-state index is 11.8. The second-order valence-corrected chi connectivity index (χ2v) is 6.25. The number of anilines is 2. The molecule has 1 aliphatic heterocycles. The van der Waals surface area contributed by atoms with Crippen molar-refractivity contribution < 1.29 is 4.79 Å². The molecule has 0 saturated carbocycles. The first-order chi connectivity index (χ1) is 8.94. The van der Waals surface area contributed by atoms with E-state index in [9.17, 15) is 4.79 Å². The van der Waals surface area contributed by atoms with Crippen molar-refractivity contribution in [3.8, 4) is 0 Å². The third-order valence-corrected chi connectivity index (χ3v) is 3.00. The van der Waals surface area contributed by atoms with Gasteiger partial charge < -0.3 is 10.2 Å². The lowest BCUT2D eigenvalue weighted by atomic mass is 9.92. The Labute approximate surface area is 114 Å². The number of aromatic nitrogens is 2. The maximum Gasteiger partial charge on any atom is 0.225 e. The van der Waals surface area contributed by atoms with Crippen LogP contribution in [0.1, 0.15) is 40.0 Å². The van der Waals surface area contributed by atoms with E-state index in [1.54, 1.807) is 12.4 Å². The Morgan fingerprint density at radius 1 is 1.26 bits per heavy atom. The summed E-state index contributed by atoms with van der Waals surface area (Å²) in [6.45, 7) is 8.17. The van der Waals surface area contributed by atoms with E-state index >= 15 is 0 Å². The lowest BCUT2D eigenvalue weighted by Crippen LogP contribution is -2.22. The zero-order chi connectivity index (χ0) is 13.9. The van der Waals surface area contributed by atoms with Crippen molar-refractivity contribution >= 4 is 17.5 Å². The first kappa shape index (κ1) is 13.8. The highest BCUT2D eigenvalue weighted by atomic mass is 16.1. The summed E-state index contributed by atoms with van der Waals surface area (Å²) >= 11 is 0. The zero-order valence-electron chi connectivity index (χ0n) is 11.9. The standard InChI is InChI=1S/C14H22N4O/c1-14(2,3)8-12(19)17-11-9-15-13(16-10-11)18-6-4-5-7-18/h9-10H,4-8H2,1-3H3,(H,17,19). The predicted octanol–water partition coefficient (Wildman–Crippen LogP) is 2.45. The largest absolute Gasteiger partial charge is 0.341 e. The maximum absolute atomic E-state index is 11.8. The number of rotatable bonds is 3. The summed E-state index contributed by atoms with van der Waals surface area (Å²) in [4.78, 5) is 22.6. The highest BCUT2D eigenvalue weighted by Crippen LogP contribution is 2.20. The smallest absolute Gasteiger partial charge is 0.225 e. The molecular weight excluding hydrogens is 240 g/mol. The lowest BCUT2D eigenvalue weighted by Gasteiger charge is -2.17. The van der Waals surface area contributed by atoms with Crippen molar-refractivity contribution in [3.63, 3.8) is 0 Å². The Balaban J connectivity index is 1.93. The molecule has 1 aromatic rings. The first-order valence-electron chi connectivity index (χ1n) is 6.81. The molecule has 19 heavy (non-hydrogen) atoms. The topological polar surface area (TPSA) is 58.1 Å².